The van der Waals surface area contributed by atoms with Crippen molar-refractivity contribution in [3.63, 3.8) is 0 Å². The SMILES string of the molecule is C=CCc1cc(/C=N/NC(=O)c2ccc(COc3ccc(-n4c(C)ccc4C)cc3)o2)cc(OCC)c1OCc1ccc2c(c1)OCO2. The van der Waals surface area contributed by atoms with Crippen molar-refractivity contribution in [1.29, 1.82) is 0 Å². The molecule has 0 unspecified atom stereocenters. The minimum atomic E-state index is -0.487. The second-order valence-electron chi connectivity index (χ2n) is 11.1. The van der Waals surface area contributed by atoms with Gasteiger partial charge in [0.2, 0.25) is 6.79 Å². The van der Waals surface area contributed by atoms with Gasteiger partial charge < -0.3 is 32.7 Å². The van der Waals surface area contributed by atoms with Crippen LogP contribution in [-0.2, 0) is 19.6 Å². The Morgan fingerprint density at radius 2 is 1.71 bits per heavy atom. The number of benzene rings is 3. The van der Waals surface area contributed by atoms with E-state index in [4.69, 9.17) is 28.1 Å². The molecule has 10 nitrogen and oxygen atoms in total. The highest BCUT2D eigenvalue weighted by atomic mass is 16.7. The molecule has 1 aliphatic heterocycles. The fourth-order valence-electron chi connectivity index (χ4n) is 5.40. The lowest BCUT2D eigenvalue weighted by Gasteiger charge is -2.17. The van der Waals surface area contributed by atoms with Gasteiger partial charge in [0.15, 0.2) is 28.8 Å². The van der Waals surface area contributed by atoms with E-state index in [-0.39, 0.29) is 19.2 Å². The molecule has 1 amide bonds. The van der Waals surface area contributed by atoms with Gasteiger partial charge >= 0.3 is 5.91 Å². The number of nitrogens with one attached hydrogen (secondary N) is 1. The van der Waals surface area contributed by atoms with Crippen molar-refractivity contribution in [3.05, 3.63) is 131 Å². The van der Waals surface area contributed by atoms with Crippen LogP contribution in [0.25, 0.3) is 5.69 Å². The summed E-state index contributed by atoms with van der Waals surface area (Å²) in [5.74, 6) is 3.42. The molecule has 0 saturated carbocycles. The van der Waals surface area contributed by atoms with Gasteiger partial charge in [0.1, 0.15) is 24.7 Å². The normalized spacial score (nSPS) is 11.9. The molecule has 2 aromatic heterocycles. The van der Waals surface area contributed by atoms with E-state index in [1.54, 1.807) is 24.4 Å². The predicted octanol–water partition coefficient (Wildman–Crippen LogP) is 7.46. The van der Waals surface area contributed by atoms with Crippen molar-refractivity contribution in [2.45, 2.75) is 40.4 Å². The van der Waals surface area contributed by atoms with Crippen LogP contribution in [-0.4, -0.2) is 30.1 Å². The van der Waals surface area contributed by atoms with Gasteiger partial charge in [-0.25, -0.2) is 5.43 Å². The smallest absolute Gasteiger partial charge is 0.307 e. The highest BCUT2D eigenvalue weighted by molar-refractivity contribution is 5.92. The molecule has 48 heavy (non-hydrogen) atoms. The van der Waals surface area contributed by atoms with E-state index in [1.165, 1.54) is 0 Å². The number of fused-ring (bicyclic) bond motifs is 1. The van der Waals surface area contributed by atoms with Crippen molar-refractivity contribution < 1.29 is 32.9 Å². The second-order valence-corrected chi connectivity index (χ2v) is 11.1. The molecular formula is C38H37N3O7. The van der Waals surface area contributed by atoms with E-state index in [1.807, 2.05) is 61.5 Å². The molecule has 0 aliphatic carbocycles. The average molecular weight is 648 g/mol. The summed E-state index contributed by atoms with van der Waals surface area (Å²) >= 11 is 0. The molecule has 5 aromatic rings. The molecule has 1 aliphatic rings. The number of hydrazone groups is 1. The van der Waals surface area contributed by atoms with Crippen LogP contribution in [0.5, 0.6) is 28.7 Å². The number of hydrogen-bond donors (Lipinski definition) is 1. The molecular weight excluding hydrogens is 610 g/mol. The molecule has 0 bridgehead atoms. The van der Waals surface area contributed by atoms with E-state index in [0.717, 1.165) is 28.2 Å². The molecule has 0 atom stereocenters. The monoisotopic (exact) mass is 647 g/mol. The van der Waals surface area contributed by atoms with Crippen LogP contribution < -0.4 is 29.1 Å². The summed E-state index contributed by atoms with van der Waals surface area (Å²) < 4.78 is 36.8. The predicted molar refractivity (Wildman–Crippen MR) is 182 cm³/mol. The minimum Gasteiger partial charge on any atom is -0.490 e. The molecule has 0 spiro atoms. The maximum absolute atomic E-state index is 12.8. The third-order valence-corrected chi connectivity index (χ3v) is 7.65. The lowest BCUT2D eigenvalue weighted by atomic mass is 10.1. The largest absolute Gasteiger partial charge is 0.490 e. The zero-order chi connectivity index (χ0) is 33.5. The van der Waals surface area contributed by atoms with Gasteiger partial charge in [0.05, 0.1) is 12.8 Å². The first-order valence-corrected chi connectivity index (χ1v) is 15.6. The van der Waals surface area contributed by atoms with Crippen LogP contribution in [0.3, 0.4) is 0 Å². The Morgan fingerprint density at radius 3 is 2.48 bits per heavy atom. The molecule has 3 aromatic carbocycles. The maximum Gasteiger partial charge on any atom is 0.307 e. The first kappa shape index (κ1) is 32.1. The number of carbonyl (C=O) groups is 1. The van der Waals surface area contributed by atoms with Gasteiger partial charge in [-0.15, -0.1) is 6.58 Å². The number of ether oxygens (including phenoxy) is 5. The first-order valence-electron chi connectivity index (χ1n) is 15.6. The Morgan fingerprint density at radius 1 is 0.917 bits per heavy atom. The number of furan rings is 1. The molecule has 1 N–H and O–H groups in total. The number of aromatic nitrogens is 1. The van der Waals surface area contributed by atoms with Crippen LogP contribution in [0.15, 0.2) is 101 Å². The third kappa shape index (κ3) is 7.39. The van der Waals surface area contributed by atoms with Crippen molar-refractivity contribution in [2.24, 2.45) is 5.10 Å². The number of rotatable bonds is 14. The maximum atomic E-state index is 12.8. The van der Waals surface area contributed by atoms with Gasteiger partial charge in [0, 0.05) is 22.6 Å². The Kier molecular flexibility index (Phi) is 9.80. The summed E-state index contributed by atoms with van der Waals surface area (Å²) in [5, 5.41) is 4.16. The van der Waals surface area contributed by atoms with Gasteiger partial charge in [-0.05, 0) is 111 Å². The quantitative estimate of drug-likeness (QED) is 0.0758. The van der Waals surface area contributed by atoms with Crippen LogP contribution in [0.2, 0.25) is 0 Å². The lowest BCUT2D eigenvalue weighted by molar-refractivity contribution is 0.0923. The molecule has 246 valence electrons. The second kappa shape index (κ2) is 14.7. The zero-order valence-corrected chi connectivity index (χ0v) is 27.2. The summed E-state index contributed by atoms with van der Waals surface area (Å²) in [6, 6.07) is 24.8. The van der Waals surface area contributed by atoms with E-state index >= 15 is 0 Å². The third-order valence-electron chi connectivity index (χ3n) is 7.65. The highest BCUT2D eigenvalue weighted by Gasteiger charge is 2.17. The Hall–Kier alpha value is -5.90. The molecule has 3 heterocycles. The van der Waals surface area contributed by atoms with E-state index in [2.05, 4.69) is 47.7 Å². The summed E-state index contributed by atoms with van der Waals surface area (Å²) in [4.78, 5) is 12.8. The molecule has 0 saturated heterocycles. The van der Waals surface area contributed by atoms with E-state index < -0.39 is 5.91 Å². The summed E-state index contributed by atoms with van der Waals surface area (Å²) in [6.07, 6.45) is 3.88. The van der Waals surface area contributed by atoms with Crippen molar-refractivity contribution in [1.82, 2.24) is 9.99 Å². The van der Waals surface area contributed by atoms with Crippen LogP contribution in [0, 0.1) is 13.8 Å². The summed E-state index contributed by atoms with van der Waals surface area (Å²) in [5.41, 5.74) is 8.43. The van der Waals surface area contributed by atoms with Crippen LogP contribution in [0.1, 0.15) is 51.3 Å². The number of amides is 1. The van der Waals surface area contributed by atoms with Crippen molar-refractivity contribution >= 4 is 12.1 Å². The van der Waals surface area contributed by atoms with E-state index in [9.17, 15) is 4.79 Å². The minimum absolute atomic E-state index is 0.120. The number of nitrogens with zero attached hydrogens (tertiary/aromatic N) is 2. The van der Waals surface area contributed by atoms with Crippen LogP contribution in [0.4, 0.5) is 0 Å². The standard InChI is InChI=1S/C38H37N3O7/c1-5-7-29-18-28(20-36(43-6-2)37(29)45-22-27-10-16-33-35(19-27)47-24-46-33)21-39-40-38(42)34-17-15-32(48-34)23-44-31-13-11-30(12-14-31)41-25(3)8-9-26(41)4/h5,8-21H,1,6-7,22-24H2,2-4H3,(H,40,42)/b39-21+. The molecule has 6 rings (SSSR count). The fraction of sp³-hybridized carbons (Fsp3) is 0.211. The number of hydrogen-bond acceptors (Lipinski definition) is 8. The van der Waals surface area contributed by atoms with Crippen molar-refractivity contribution in [2.75, 3.05) is 13.4 Å². The van der Waals surface area contributed by atoms with Crippen molar-refractivity contribution in [3.8, 4) is 34.4 Å². The summed E-state index contributed by atoms with van der Waals surface area (Å²) in [6.45, 7) is 11.1. The highest BCUT2D eigenvalue weighted by Crippen LogP contribution is 2.36. The van der Waals surface area contributed by atoms with Gasteiger partial charge in [-0.1, -0.05) is 12.1 Å². The molecule has 10 heteroatoms. The average Bonchev–Trinajstić information content (AvgIpc) is 3.84. The van der Waals surface area contributed by atoms with Crippen LogP contribution >= 0.6 is 0 Å². The lowest BCUT2D eigenvalue weighted by Crippen LogP contribution is -2.16. The first-order chi connectivity index (χ1) is 23.4. The zero-order valence-electron chi connectivity index (χ0n) is 27.2. The Bertz CT molecular complexity index is 1920. The topological polar surface area (TPSA) is 106 Å². The molecule has 0 radical (unpaired) electrons. The Balaban J connectivity index is 1.06. The fourth-order valence-corrected chi connectivity index (χ4v) is 5.40. The Labute approximate surface area is 279 Å². The summed E-state index contributed by atoms with van der Waals surface area (Å²) in [7, 11) is 0. The number of allylic oxidation sites excluding steroid dienone is 1. The van der Waals surface area contributed by atoms with Gasteiger partial charge in [-0.2, -0.15) is 5.10 Å². The van der Waals surface area contributed by atoms with E-state index in [0.29, 0.717) is 59.7 Å². The number of carbonyl (C=O) groups excluding carboxylic acids is 1. The van der Waals surface area contributed by atoms with Gasteiger partial charge in [-0.3, -0.25) is 4.79 Å². The van der Waals surface area contributed by atoms with Gasteiger partial charge in [0.25, 0.3) is 0 Å². The molecule has 0 fully saturated rings. The number of aryl methyl sites for hydroxylation is 2.